The zero-order chi connectivity index (χ0) is 15.8. The van der Waals surface area contributed by atoms with Gasteiger partial charge in [0.2, 0.25) is 5.91 Å². The molecular weight excluding hydrogens is 289 g/mol. The summed E-state index contributed by atoms with van der Waals surface area (Å²) in [6.07, 6.45) is -4.47. The topological polar surface area (TPSA) is 69.6 Å². The van der Waals surface area contributed by atoms with Gasteiger partial charge in [-0.3, -0.25) is 9.59 Å². The minimum Gasteiger partial charge on any atom is -0.481 e. The van der Waals surface area contributed by atoms with Gasteiger partial charge >= 0.3 is 12.1 Å². The van der Waals surface area contributed by atoms with Crippen LogP contribution in [0.4, 0.5) is 13.2 Å². The van der Waals surface area contributed by atoms with E-state index in [-0.39, 0.29) is 32.4 Å². The SMILES string of the molecule is CC1CC(C(=O)O)CCN1C(=O)C1(C(F)(F)F)CCNC1. The van der Waals surface area contributed by atoms with Gasteiger partial charge in [-0.15, -0.1) is 0 Å². The summed E-state index contributed by atoms with van der Waals surface area (Å²) in [6.45, 7) is 1.43. The fourth-order valence-corrected chi connectivity index (χ4v) is 3.21. The van der Waals surface area contributed by atoms with E-state index < -0.39 is 42.0 Å². The third-order valence-corrected chi connectivity index (χ3v) is 4.59. The molecule has 0 aromatic carbocycles. The molecule has 5 nitrogen and oxygen atoms in total. The van der Waals surface area contributed by atoms with Crippen molar-refractivity contribution in [2.45, 2.75) is 38.4 Å². The highest BCUT2D eigenvalue weighted by Crippen LogP contribution is 2.45. The van der Waals surface area contributed by atoms with Crippen molar-refractivity contribution >= 4 is 11.9 Å². The minimum atomic E-state index is -4.60. The lowest BCUT2D eigenvalue weighted by atomic mass is 9.82. The third kappa shape index (κ3) is 2.73. The van der Waals surface area contributed by atoms with Crippen LogP contribution in [0.3, 0.4) is 0 Å². The van der Waals surface area contributed by atoms with Crippen LogP contribution in [0.2, 0.25) is 0 Å². The van der Waals surface area contributed by atoms with E-state index in [1.165, 1.54) is 4.90 Å². The standard InChI is InChI=1S/C13H19F3N2O3/c1-8-6-9(10(19)20)2-5-18(8)11(21)12(13(14,15)16)3-4-17-7-12/h8-9,17H,2-7H2,1H3,(H,19,20). The van der Waals surface area contributed by atoms with Gasteiger partial charge in [-0.25, -0.2) is 0 Å². The summed E-state index contributed by atoms with van der Waals surface area (Å²) in [5, 5.41) is 11.6. The molecule has 0 spiro atoms. The largest absolute Gasteiger partial charge is 0.481 e. The fourth-order valence-electron chi connectivity index (χ4n) is 3.21. The molecule has 3 unspecified atom stereocenters. The fraction of sp³-hybridized carbons (Fsp3) is 0.846. The molecule has 0 saturated carbocycles. The number of likely N-dealkylation sites (tertiary alicyclic amines) is 1. The summed E-state index contributed by atoms with van der Waals surface area (Å²) < 4.78 is 40.1. The van der Waals surface area contributed by atoms with E-state index in [4.69, 9.17) is 5.11 Å². The molecule has 2 N–H and O–H groups in total. The lowest BCUT2D eigenvalue weighted by molar-refractivity contribution is -0.223. The summed E-state index contributed by atoms with van der Waals surface area (Å²) >= 11 is 0. The number of carbonyl (C=O) groups is 2. The van der Waals surface area contributed by atoms with Crippen LogP contribution in [0.5, 0.6) is 0 Å². The maximum Gasteiger partial charge on any atom is 0.404 e. The molecule has 8 heteroatoms. The Bertz CT molecular complexity index is 433. The summed E-state index contributed by atoms with van der Waals surface area (Å²) in [6, 6.07) is -0.493. The number of aliphatic carboxylic acids is 1. The van der Waals surface area contributed by atoms with Crippen molar-refractivity contribution in [3.8, 4) is 0 Å². The van der Waals surface area contributed by atoms with Crippen LogP contribution in [0.15, 0.2) is 0 Å². The normalized spacial score (nSPS) is 34.0. The minimum absolute atomic E-state index is 0.0643. The Labute approximate surface area is 120 Å². The van der Waals surface area contributed by atoms with Crippen molar-refractivity contribution < 1.29 is 27.9 Å². The van der Waals surface area contributed by atoms with Crippen LogP contribution in [0.1, 0.15) is 26.2 Å². The highest BCUT2D eigenvalue weighted by Gasteiger charge is 2.63. The number of carboxylic acids is 1. The molecule has 1 amide bonds. The smallest absolute Gasteiger partial charge is 0.404 e. The van der Waals surface area contributed by atoms with Gasteiger partial charge in [0, 0.05) is 19.1 Å². The Morgan fingerprint density at radius 1 is 1.38 bits per heavy atom. The number of hydrogen-bond acceptors (Lipinski definition) is 3. The third-order valence-electron chi connectivity index (χ3n) is 4.59. The molecule has 120 valence electrons. The number of hydrogen-bond donors (Lipinski definition) is 2. The van der Waals surface area contributed by atoms with Crippen molar-refractivity contribution in [2.75, 3.05) is 19.6 Å². The molecule has 2 saturated heterocycles. The van der Waals surface area contributed by atoms with Crippen molar-refractivity contribution in [2.24, 2.45) is 11.3 Å². The van der Waals surface area contributed by atoms with E-state index in [2.05, 4.69) is 5.32 Å². The number of rotatable bonds is 2. The predicted molar refractivity (Wildman–Crippen MR) is 67.5 cm³/mol. The number of piperidine rings is 1. The van der Waals surface area contributed by atoms with Gasteiger partial charge in [0.1, 0.15) is 0 Å². The van der Waals surface area contributed by atoms with Gasteiger partial charge < -0.3 is 15.3 Å². The molecule has 2 rings (SSSR count). The van der Waals surface area contributed by atoms with Crippen molar-refractivity contribution in [1.82, 2.24) is 10.2 Å². The number of nitrogens with zero attached hydrogens (tertiary/aromatic N) is 1. The van der Waals surface area contributed by atoms with E-state index in [1.807, 2.05) is 0 Å². The second-order valence-corrected chi connectivity index (χ2v) is 5.91. The highest BCUT2D eigenvalue weighted by atomic mass is 19.4. The Hall–Kier alpha value is -1.31. The highest BCUT2D eigenvalue weighted by molar-refractivity contribution is 5.85. The van der Waals surface area contributed by atoms with Crippen LogP contribution in [-0.4, -0.2) is 53.7 Å². The maximum atomic E-state index is 13.4. The summed E-state index contributed by atoms with van der Waals surface area (Å²) in [7, 11) is 0. The molecule has 0 aliphatic carbocycles. The first kappa shape index (κ1) is 16.1. The van der Waals surface area contributed by atoms with Gasteiger partial charge in [-0.1, -0.05) is 0 Å². The van der Waals surface area contributed by atoms with Gasteiger partial charge in [0.15, 0.2) is 5.41 Å². The van der Waals surface area contributed by atoms with Gasteiger partial charge in [0.05, 0.1) is 5.92 Å². The van der Waals surface area contributed by atoms with Gasteiger partial charge in [-0.05, 0) is 32.7 Å². The van der Waals surface area contributed by atoms with Crippen LogP contribution in [0, 0.1) is 11.3 Å². The van der Waals surface area contributed by atoms with Crippen molar-refractivity contribution in [1.29, 1.82) is 0 Å². The number of nitrogens with one attached hydrogen (secondary N) is 1. The summed E-state index contributed by atoms with van der Waals surface area (Å²) in [5.74, 6) is -2.47. The van der Waals surface area contributed by atoms with Gasteiger partial charge in [0.25, 0.3) is 0 Å². The number of carbonyl (C=O) groups excluding carboxylic acids is 1. The van der Waals surface area contributed by atoms with E-state index in [0.29, 0.717) is 0 Å². The molecule has 2 heterocycles. The van der Waals surface area contributed by atoms with Gasteiger partial charge in [-0.2, -0.15) is 13.2 Å². The van der Waals surface area contributed by atoms with Crippen LogP contribution in [-0.2, 0) is 9.59 Å². The predicted octanol–water partition coefficient (Wildman–Crippen LogP) is 1.24. The Morgan fingerprint density at radius 3 is 2.48 bits per heavy atom. The molecule has 0 bridgehead atoms. The quantitative estimate of drug-likeness (QED) is 0.805. The summed E-state index contributed by atoms with van der Waals surface area (Å²) in [4.78, 5) is 24.6. The molecule has 2 aliphatic heterocycles. The first-order chi connectivity index (χ1) is 9.69. The first-order valence-electron chi connectivity index (χ1n) is 7.00. The van der Waals surface area contributed by atoms with Crippen LogP contribution < -0.4 is 5.32 Å². The van der Waals surface area contributed by atoms with Crippen molar-refractivity contribution in [3.05, 3.63) is 0 Å². The second kappa shape index (κ2) is 5.47. The lowest BCUT2D eigenvalue weighted by Crippen LogP contribution is -2.57. The van der Waals surface area contributed by atoms with Crippen LogP contribution >= 0.6 is 0 Å². The Kier molecular flexibility index (Phi) is 4.19. The number of alkyl halides is 3. The molecule has 21 heavy (non-hydrogen) atoms. The monoisotopic (exact) mass is 308 g/mol. The zero-order valence-corrected chi connectivity index (χ0v) is 11.7. The molecule has 2 aliphatic rings. The van der Waals surface area contributed by atoms with E-state index in [9.17, 15) is 22.8 Å². The van der Waals surface area contributed by atoms with E-state index >= 15 is 0 Å². The van der Waals surface area contributed by atoms with Crippen molar-refractivity contribution in [3.63, 3.8) is 0 Å². The first-order valence-corrected chi connectivity index (χ1v) is 7.00. The zero-order valence-electron chi connectivity index (χ0n) is 11.7. The number of amides is 1. The average Bonchev–Trinajstić information content (AvgIpc) is 2.87. The van der Waals surface area contributed by atoms with E-state index in [0.717, 1.165) is 0 Å². The molecular formula is C13H19F3N2O3. The molecule has 0 radical (unpaired) electrons. The summed E-state index contributed by atoms with van der Waals surface area (Å²) in [5.41, 5.74) is -2.36. The Balaban J connectivity index is 2.18. The molecule has 3 atom stereocenters. The maximum absolute atomic E-state index is 13.4. The van der Waals surface area contributed by atoms with Crippen LogP contribution in [0.25, 0.3) is 0 Å². The average molecular weight is 308 g/mol. The molecule has 0 aromatic rings. The van der Waals surface area contributed by atoms with E-state index in [1.54, 1.807) is 6.92 Å². The molecule has 2 fully saturated rings. The second-order valence-electron chi connectivity index (χ2n) is 5.91. The number of carboxylic acid groups (broad SMARTS) is 1. The Morgan fingerprint density at radius 2 is 2.05 bits per heavy atom. The molecule has 0 aromatic heterocycles. The number of halogens is 3. The lowest BCUT2D eigenvalue weighted by Gasteiger charge is -2.41.